The Balaban J connectivity index is 2.39. The first-order chi connectivity index (χ1) is 7.50. The molecule has 0 radical (unpaired) electrons. The number of benzene rings is 1. The quantitative estimate of drug-likeness (QED) is 0.757. The van der Waals surface area contributed by atoms with Gasteiger partial charge in [-0.05, 0) is 37.5 Å². The van der Waals surface area contributed by atoms with E-state index in [2.05, 4.69) is 0 Å². The zero-order valence-electron chi connectivity index (χ0n) is 9.31. The van der Waals surface area contributed by atoms with E-state index >= 15 is 0 Å². The predicted molar refractivity (Wildman–Crippen MR) is 66.0 cm³/mol. The minimum atomic E-state index is -3.13. The van der Waals surface area contributed by atoms with Crippen molar-refractivity contribution in [3.63, 3.8) is 0 Å². The number of hydrogen-bond acceptors (Lipinski definition) is 3. The Labute approximate surface area is 96.1 Å². The number of aryl methyl sites for hydroxylation is 1. The predicted octanol–water partition coefficient (Wildman–Crippen LogP) is 1.51. The molecule has 88 valence electrons. The van der Waals surface area contributed by atoms with Crippen LogP contribution in [0.1, 0.15) is 18.4 Å². The summed E-state index contributed by atoms with van der Waals surface area (Å²) in [5, 5.41) is 0. The Morgan fingerprint density at radius 3 is 2.69 bits per heavy atom. The van der Waals surface area contributed by atoms with Crippen molar-refractivity contribution in [1.29, 1.82) is 0 Å². The average Bonchev–Trinajstić information content (AvgIpc) is 2.22. The van der Waals surface area contributed by atoms with Gasteiger partial charge in [-0.15, -0.1) is 0 Å². The van der Waals surface area contributed by atoms with E-state index in [9.17, 15) is 8.42 Å². The number of nitrogen functional groups attached to an aromatic ring is 1. The summed E-state index contributed by atoms with van der Waals surface area (Å²) in [7, 11) is -3.13. The second-order valence-electron chi connectivity index (χ2n) is 4.14. The van der Waals surface area contributed by atoms with E-state index in [0.29, 0.717) is 17.9 Å². The average molecular weight is 240 g/mol. The van der Waals surface area contributed by atoms with Crippen molar-refractivity contribution < 1.29 is 8.42 Å². The standard InChI is InChI=1S/C11H16N2O2S/c1-9-4-5-10(8-11(9)12)13-6-2-3-7-16(13,14)15/h4-5,8H,2-3,6-7,12H2,1H3. The molecule has 1 fully saturated rings. The molecule has 16 heavy (non-hydrogen) atoms. The van der Waals surface area contributed by atoms with Crippen LogP contribution >= 0.6 is 0 Å². The highest BCUT2D eigenvalue weighted by atomic mass is 32.2. The normalized spacial score (nSPS) is 19.7. The molecule has 0 amide bonds. The lowest BCUT2D eigenvalue weighted by atomic mass is 10.2. The van der Waals surface area contributed by atoms with Crippen molar-refractivity contribution >= 4 is 21.4 Å². The maximum atomic E-state index is 11.9. The van der Waals surface area contributed by atoms with Gasteiger partial charge in [0.2, 0.25) is 10.0 Å². The molecular weight excluding hydrogens is 224 g/mol. The monoisotopic (exact) mass is 240 g/mol. The third-order valence-corrected chi connectivity index (χ3v) is 4.77. The molecule has 5 heteroatoms. The van der Waals surface area contributed by atoms with Crippen LogP contribution in [0.15, 0.2) is 18.2 Å². The van der Waals surface area contributed by atoms with Crippen LogP contribution in [-0.2, 0) is 10.0 Å². The number of nitrogens with zero attached hydrogens (tertiary/aromatic N) is 1. The van der Waals surface area contributed by atoms with E-state index < -0.39 is 10.0 Å². The van der Waals surface area contributed by atoms with Crippen LogP contribution in [0.25, 0.3) is 0 Å². The Hall–Kier alpha value is -1.23. The van der Waals surface area contributed by atoms with Crippen LogP contribution in [-0.4, -0.2) is 20.7 Å². The molecule has 0 spiro atoms. The number of rotatable bonds is 1. The third kappa shape index (κ3) is 2.00. The topological polar surface area (TPSA) is 63.4 Å². The summed E-state index contributed by atoms with van der Waals surface area (Å²) < 4.78 is 25.2. The van der Waals surface area contributed by atoms with Gasteiger partial charge in [0.1, 0.15) is 0 Å². The van der Waals surface area contributed by atoms with Gasteiger partial charge in [-0.3, -0.25) is 4.31 Å². The van der Waals surface area contributed by atoms with Gasteiger partial charge in [-0.25, -0.2) is 8.42 Å². The molecule has 0 saturated carbocycles. The lowest BCUT2D eigenvalue weighted by Crippen LogP contribution is -2.37. The van der Waals surface area contributed by atoms with Crippen LogP contribution in [0.4, 0.5) is 11.4 Å². The lowest BCUT2D eigenvalue weighted by Gasteiger charge is -2.28. The molecule has 2 N–H and O–H groups in total. The Kier molecular flexibility index (Phi) is 2.80. The molecule has 0 aromatic heterocycles. The Bertz CT molecular complexity index is 497. The molecular formula is C11H16N2O2S. The summed E-state index contributed by atoms with van der Waals surface area (Å²) in [6.45, 7) is 2.47. The minimum Gasteiger partial charge on any atom is -0.398 e. The highest BCUT2D eigenvalue weighted by Gasteiger charge is 2.25. The molecule has 0 atom stereocenters. The number of nitrogens with two attached hydrogens (primary N) is 1. The van der Waals surface area contributed by atoms with E-state index in [1.165, 1.54) is 4.31 Å². The molecule has 0 bridgehead atoms. The number of sulfonamides is 1. The molecule has 1 aliphatic rings. The third-order valence-electron chi connectivity index (χ3n) is 2.90. The van der Waals surface area contributed by atoms with Crippen molar-refractivity contribution in [1.82, 2.24) is 0 Å². The summed E-state index contributed by atoms with van der Waals surface area (Å²) in [6, 6.07) is 5.40. The van der Waals surface area contributed by atoms with E-state index in [4.69, 9.17) is 5.73 Å². The minimum absolute atomic E-state index is 0.237. The first-order valence-electron chi connectivity index (χ1n) is 5.37. The van der Waals surface area contributed by atoms with Crippen molar-refractivity contribution in [2.45, 2.75) is 19.8 Å². The fraction of sp³-hybridized carbons (Fsp3) is 0.455. The zero-order chi connectivity index (χ0) is 11.8. The van der Waals surface area contributed by atoms with Crippen molar-refractivity contribution in [3.8, 4) is 0 Å². The molecule has 1 aliphatic heterocycles. The van der Waals surface area contributed by atoms with Gasteiger partial charge in [0.15, 0.2) is 0 Å². The zero-order valence-corrected chi connectivity index (χ0v) is 10.1. The van der Waals surface area contributed by atoms with Crippen molar-refractivity contribution in [3.05, 3.63) is 23.8 Å². The van der Waals surface area contributed by atoms with Gasteiger partial charge in [0.25, 0.3) is 0 Å². The van der Waals surface area contributed by atoms with E-state index in [-0.39, 0.29) is 5.75 Å². The number of hydrogen-bond donors (Lipinski definition) is 1. The first kappa shape index (κ1) is 11.3. The van der Waals surface area contributed by atoms with Crippen LogP contribution < -0.4 is 10.0 Å². The van der Waals surface area contributed by atoms with Crippen LogP contribution in [0.2, 0.25) is 0 Å². The van der Waals surface area contributed by atoms with Gasteiger partial charge in [-0.2, -0.15) is 0 Å². The van der Waals surface area contributed by atoms with Crippen molar-refractivity contribution in [2.24, 2.45) is 0 Å². The van der Waals surface area contributed by atoms with Crippen LogP contribution in [0.5, 0.6) is 0 Å². The molecule has 1 aromatic rings. The first-order valence-corrected chi connectivity index (χ1v) is 6.98. The summed E-state index contributed by atoms with van der Waals surface area (Å²) in [4.78, 5) is 0. The fourth-order valence-electron chi connectivity index (χ4n) is 1.86. The van der Waals surface area contributed by atoms with E-state index in [1.807, 2.05) is 19.1 Å². The molecule has 0 unspecified atom stereocenters. The van der Waals surface area contributed by atoms with Crippen molar-refractivity contribution in [2.75, 3.05) is 22.3 Å². The largest absolute Gasteiger partial charge is 0.398 e. The highest BCUT2D eigenvalue weighted by molar-refractivity contribution is 7.92. The lowest BCUT2D eigenvalue weighted by molar-refractivity contribution is 0.574. The Morgan fingerprint density at radius 1 is 1.31 bits per heavy atom. The smallest absolute Gasteiger partial charge is 0.235 e. The second-order valence-corrected chi connectivity index (χ2v) is 6.15. The van der Waals surface area contributed by atoms with E-state index in [0.717, 1.165) is 18.4 Å². The molecule has 1 aromatic carbocycles. The molecule has 1 saturated heterocycles. The molecule has 2 rings (SSSR count). The van der Waals surface area contributed by atoms with Crippen LogP contribution in [0.3, 0.4) is 0 Å². The Morgan fingerprint density at radius 2 is 2.06 bits per heavy atom. The van der Waals surface area contributed by atoms with Crippen LogP contribution in [0, 0.1) is 6.92 Å². The molecule has 4 nitrogen and oxygen atoms in total. The summed E-state index contributed by atoms with van der Waals surface area (Å²) in [5.41, 5.74) is 8.09. The molecule has 1 heterocycles. The van der Waals surface area contributed by atoms with Gasteiger partial charge < -0.3 is 5.73 Å². The van der Waals surface area contributed by atoms with Gasteiger partial charge in [0, 0.05) is 12.2 Å². The van der Waals surface area contributed by atoms with E-state index in [1.54, 1.807) is 6.07 Å². The van der Waals surface area contributed by atoms with Gasteiger partial charge >= 0.3 is 0 Å². The number of anilines is 2. The maximum Gasteiger partial charge on any atom is 0.235 e. The fourth-order valence-corrected chi connectivity index (χ4v) is 3.49. The van der Waals surface area contributed by atoms with Gasteiger partial charge in [-0.1, -0.05) is 6.07 Å². The highest BCUT2D eigenvalue weighted by Crippen LogP contribution is 2.26. The summed E-state index contributed by atoms with van der Waals surface area (Å²) in [5.74, 6) is 0.237. The maximum absolute atomic E-state index is 11.9. The SMILES string of the molecule is Cc1ccc(N2CCCCS2(=O)=O)cc1N. The second kappa shape index (κ2) is 3.97. The van der Waals surface area contributed by atoms with Gasteiger partial charge in [0.05, 0.1) is 11.4 Å². The summed E-state index contributed by atoms with van der Waals surface area (Å²) >= 11 is 0. The summed E-state index contributed by atoms with van der Waals surface area (Å²) in [6.07, 6.45) is 1.66. The molecule has 0 aliphatic carbocycles.